The predicted molar refractivity (Wildman–Crippen MR) is 119 cm³/mol. The minimum absolute atomic E-state index is 0. The summed E-state index contributed by atoms with van der Waals surface area (Å²) in [5.74, 6) is 1.67. The first-order chi connectivity index (χ1) is 13.4. The van der Waals surface area contributed by atoms with E-state index in [2.05, 4.69) is 15.2 Å². The normalized spacial score (nSPS) is 15.6. The van der Waals surface area contributed by atoms with Gasteiger partial charge in [0.1, 0.15) is 5.75 Å². The van der Waals surface area contributed by atoms with Crippen LogP contribution in [-0.4, -0.2) is 57.0 Å². The molecule has 29 heavy (non-hydrogen) atoms. The van der Waals surface area contributed by atoms with E-state index in [1.54, 1.807) is 12.1 Å². The molecular weight excluding hydrogens is 498 g/mol. The second kappa shape index (κ2) is 13.1. The Morgan fingerprint density at radius 1 is 1.31 bits per heavy atom. The van der Waals surface area contributed by atoms with Gasteiger partial charge in [-0.2, -0.15) is 13.2 Å². The Balaban J connectivity index is 0.00000420. The molecule has 0 radical (unpaired) electrons. The van der Waals surface area contributed by atoms with Crippen LogP contribution in [0.4, 0.5) is 13.2 Å². The maximum absolute atomic E-state index is 12.3. The van der Waals surface area contributed by atoms with Crippen molar-refractivity contribution in [2.24, 2.45) is 10.9 Å². The fourth-order valence-electron chi connectivity index (χ4n) is 3.05. The van der Waals surface area contributed by atoms with E-state index >= 15 is 0 Å². The zero-order valence-corrected chi connectivity index (χ0v) is 19.3. The Morgan fingerprint density at radius 2 is 2.03 bits per heavy atom. The van der Waals surface area contributed by atoms with Crippen molar-refractivity contribution in [2.45, 2.75) is 38.9 Å². The first-order valence-corrected chi connectivity index (χ1v) is 9.73. The van der Waals surface area contributed by atoms with E-state index < -0.39 is 12.8 Å². The van der Waals surface area contributed by atoms with Crippen LogP contribution in [0.1, 0.15) is 31.7 Å². The summed E-state index contributed by atoms with van der Waals surface area (Å²) in [6, 6.07) is 6.62. The number of hydrogen-bond acceptors (Lipinski definition) is 3. The number of rotatable bonds is 8. The Hall–Kier alpha value is -1.23. The highest BCUT2D eigenvalue weighted by Gasteiger charge is 2.28. The van der Waals surface area contributed by atoms with E-state index in [0.29, 0.717) is 12.5 Å². The first-order valence-electron chi connectivity index (χ1n) is 9.73. The molecule has 0 unspecified atom stereocenters. The molecule has 1 heterocycles. The van der Waals surface area contributed by atoms with Crippen LogP contribution in [-0.2, 0) is 11.3 Å². The van der Waals surface area contributed by atoms with Crippen molar-refractivity contribution in [1.82, 2.24) is 10.2 Å². The molecule has 0 bridgehead atoms. The molecule has 1 aliphatic heterocycles. The zero-order chi connectivity index (χ0) is 20.4. The van der Waals surface area contributed by atoms with Crippen LogP contribution < -0.4 is 10.1 Å². The molecule has 5 nitrogen and oxygen atoms in total. The number of nitrogens with one attached hydrogen (secondary N) is 1. The lowest BCUT2D eigenvalue weighted by Crippen LogP contribution is -2.40. The molecule has 1 fully saturated rings. The van der Waals surface area contributed by atoms with Gasteiger partial charge in [0, 0.05) is 33.4 Å². The van der Waals surface area contributed by atoms with Crippen molar-refractivity contribution in [3.05, 3.63) is 29.8 Å². The number of alkyl halides is 3. The number of benzene rings is 1. The van der Waals surface area contributed by atoms with Gasteiger partial charge in [0.15, 0.2) is 12.6 Å². The van der Waals surface area contributed by atoms with Crippen LogP contribution in [0.2, 0.25) is 0 Å². The van der Waals surface area contributed by atoms with Crippen molar-refractivity contribution in [3.8, 4) is 5.75 Å². The van der Waals surface area contributed by atoms with Crippen LogP contribution in [0.3, 0.4) is 0 Å². The largest absolute Gasteiger partial charge is 0.484 e. The molecule has 0 aromatic heterocycles. The molecular formula is C20H31F3IN3O2. The van der Waals surface area contributed by atoms with Gasteiger partial charge in [0.05, 0.1) is 6.54 Å². The van der Waals surface area contributed by atoms with Crippen molar-refractivity contribution in [2.75, 3.05) is 40.0 Å². The summed E-state index contributed by atoms with van der Waals surface area (Å²) >= 11 is 0. The van der Waals surface area contributed by atoms with Gasteiger partial charge in [-0.05, 0) is 49.8 Å². The van der Waals surface area contributed by atoms with Gasteiger partial charge >= 0.3 is 6.18 Å². The van der Waals surface area contributed by atoms with Crippen LogP contribution in [0.15, 0.2) is 29.3 Å². The third-order valence-electron chi connectivity index (χ3n) is 4.62. The second-order valence-electron chi connectivity index (χ2n) is 6.99. The summed E-state index contributed by atoms with van der Waals surface area (Å²) in [5.41, 5.74) is 0.799. The molecule has 9 heteroatoms. The molecule has 0 atom stereocenters. The number of guanidine groups is 1. The van der Waals surface area contributed by atoms with Crippen LogP contribution in [0, 0.1) is 5.92 Å². The quantitative estimate of drug-likeness (QED) is 0.307. The van der Waals surface area contributed by atoms with Crippen molar-refractivity contribution < 1.29 is 22.6 Å². The van der Waals surface area contributed by atoms with Gasteiger partial charge in [0.2, 0.25) is 0 Å². The molecule has 1 N–H and O–H groups in total. The maximum Gasteiger partial charge on any atom is 0.422 e. The summed E-state index contributed by atoms with van der Waals surface area (Å²) in [6.45, 7) is 4.41. The molecule has 0 saturated carbocycles. The average molecular weight is 529 g/mol. The van der Waals surface area contributed by atoms with Gasteiger partial charge in [-0.1, -0.05) is 12.1 Å². The fourth-order valence-corrected chi connectivity index (χ4v) is 3.05. The SMILES string of the molecule is CCNC(=NCc1cccc(OCC(F)(F)F)c1)N(C)CCC1CCOCC1.I. The summed E-state index contributed by atoms with van der Waals surface area (Å²) < 4.78 is 47.1. The smallest absolute Gasteiger partial charge is 0.422 e. The van der Waals surface area contributed by atoms with Gasteiger partial charge in [-0.3, -0.25) is 0 Å². The van der Waals surface area contributed by atoms with Crippen LogP contribution in [0.25, 0.3) is 0 Å². The van der Waals surface area contributed by atoms with E-state index in [1.165, 1.54) is 6.07 Å². The summed E-state index contributed by atoms with van der Waals surface area (Å²) in [7, 11) is 2.00. The van der Waals surface area contributed by atoms with E-state index in [4.69, 9.17) is 9.47 Å². The topological polar surface area (TPSA) is 46.1 Å². The Bertz CT molecular complexity index is 623. The third kappa shape index (κ3) is 10.4. The fraction of sp³-hybridized carbons (Fsp3) is 0.650. The van der Waals surface area contributed by atoms with Crippen molar-refractivity contribution in [1.29, 1.82) is 0 Å². The highest BCUT2D eigenvalue weighted by molar-refractivity contribution is 14.0. The maximum atomic E-state index is 12.3. The molecule has 1 aliphatic rings. The lowest BCUT2D eigenvalue weighted by atomic mass is 9.96. The van der Waals surface area contributed by atoms with Gasteiger partial charge in [0.25, 0.3) is 0 Å². The van der Waals surface area contributed by atoms with Gasteiger partial charge < -0.3 is 19.7 Å². The van der Waals surface area contributed by atoms with E-state index in [0.717, 1.165) is 57.1 Å². The highest BCUT2D eigenvalue weighted by Crippen LogP contribution is 2.20. The minimum atomic E-state index is -4.35. The summed E-state index contributed by atoms with van der Waals surface area (Å²) in [4.78, 5) is 6.73. The molecule has 0 amide bonds. The van der Waals surface area contributed by atoms with E-state index in [1.807, 2.05) is 20.0 Å². The summed E-state index contributed by atoms with van der Waals surface area (Å²) in [6.07, 6.45) is -1.05. The molecule has 1 saturated heterocycles. The third-order valence-corrected chi connectivity index (χ3v) is 4.62. The molecule has 1 aromatic carbocycles. The number of ether oxygens (including phenoxy) is 2. The van der Waals surface area contributed by atoms with Crippen molar-refractivity contribution >= 4 is 29.9 Å². The standard InChI is InChI=1S/C20H30F3N3O2.HI/c1-3-24-19(26(2)10-7-16-8-11-27-12-9-16)25-14-17-5-4-6-18(13-17)28-15-20(21,22)23;/h4-6,13,16H,3,7-12,14-15H2,1-2H3,(H,24,25);1H. The Morgan fingerprint density at radius 3 is 2.69 bits per heavy atom. The number of hydrogen-bond donors (Lipinski definition) is 1. The lowest BCUT2D eigenvalue weighted by molar-refractivity contribution is -0.153. The predicted octanol–water partition coefficient (Wildman–Crippen LogP) is 4.46. The second-order valence-corrected chi connectivity index (χ2v) is 6.99. The number of nitrogens with zero attached hydrogens (tertiary/aromatic N) is 2. The Labute approximate surface area is 188 Å². The van der Waals surface area contributed by atoms with Gasteiger partial charge in [-0.15, -0.1) is 24.0 Å². The lowest BCUT2D eigenvalue weighted by Gasteiger charge is -2.26. The van der Waals surface area contributed by atoms with E-state index in [9.17, 15) is 13.2 Å². The average Bonchev–Trinajstić information content (AvgIpc) is 2.68. The molecule has 166 valence electrons. The number of aliphatic imine (C=N–C) groups is 1. The van der Waals surface area contributed by atoms with Crippen LogP contribution in [0.5, 0.6) is 5.75 Å². The van der Waals surface area contributed by atoms with E-state index in [-0.39, 0.29) is 29.7 Å². The van der Waals surface area contributed by atoms with Gasteiger partial charge in [-0.25, -0.2) is 4.99 Å². The summed E-state index contributed by atoms with van der Waals surface area (Å²) in [5, 5.41) is 3.27. The molecule has 1 aromatic rings. The zero-order valence-electron chi connectivity index (χ0n) is 17.0. The molecule has 0 spiro atoms. The van der Waals surface area contributed by atoms with Crippen LogP contribution >= 0.6 is 24.0 Å². The minimum Gasteiger partial charge on any atom is -0.484 e. The monoisotopic (exact) mass is 529 g/mol. The number of halogens is 4. The van der Waals surface area contributed by atoms with Crippen molar-refractivity contribution in [3.63, 3.8) is 0 Å². The first kappa shape index (κ1) is 25.8. The molecule has 2 rings (SSSR count). The highest BCUT2D eigenvalue weighted by atomic mass is 127. The Kier molecular flexibility index (Phi) is 11.7. The molecule has 0 aliphatic carbocycles.